The Hall–Kier alpha value is -16.2. The highest BCUT2D eigenvalue weighted by Crippen LogP contribution is 2.49. The smallest absolute Gasteiger partial charge is 0.241 e. The van der Waals surface area contributed by atoms with Crippen molar-refractivity contribution < 1.29 is 0 Å². The van der Waals surface area contributed by atoms with Crippen molar-refractivity contribution in [1.29, 1.82) is 0 Å². The van der Waals surface area contributed by atoms with E-state index < -0.39 is 0 Å². The lowest BCUT2D eigenvalue weighted by Gasteiger charge is -2.15. The van der Waals surface area contributed by atoms with Crippen LogP contribution in [0.25, 0.3) is 233 Å². The first-order valence-corrected chi connectivity index (χ1v) is 41.0. The molecule has 0 aliphatic heterocycles. The Morgan fingerprint density at radius 2 is 0.325 bits per heavy atom. The molecule has 9 heteroatoms. The Balaban J connectivity index is 0.799. The van der Waals surface area contributed by atoms with Gasteiger partial charge in [-0.2, -0.15) is 15.0 Å². The molecule has 0 aliphatic carbocycles. The second-order valence-corrected chi connectivity index (χ2v) is 31.4. The summed E-state index contributed by atoms with van der Waals surface area (Å²) in [4.78, 5) is 18.1. The molecule has 0 saturated carbocycles. The number of nitrogens with zero attached hydrogens (tertiary/aromatic N) is 9. The van der Waals surface area contributed by atoms with Gasteiger partial charge in [-0.05, 0) is 176 Å². The van der Waals surface area contributed by atoms with E-state index in [0.717, 1.165) is 215 Å². The molecule has 0 radical (unpaired) electrons. The van der Waals surface area contributed by atoms with E-state index in [1.165, 1.54) is 0 Å². The molecule has 9 nitrogen and oxygen atoms in total. The Morgan fingerprint density at radius 1 is 0.133 bits per heavy atom. The fourth-order valence-electron chi connectivity index (χ4n) is 19.6. The predicted molar refractivity (Wildman–Crippen MR) is 498 cm³/mol. The molecule has 0 bridgehead atoms. The zero-order valence-corrected chi connectivity index (χ0v) is 64.9. The highest BCUT2D eigenvalue weighted by molar-refractivity contribution is 6.29. The van der Waals surface area contributed by atoms with Gasteiger partial charge in [0.05, 0.1) is 66.2 Å². The third-order valence-electron chi connectivity index (χ3n) is 24.8. The van der Waals surface area contributed by atoms with E-state index in [1.807, 2.05) is 0 Å². The Morgan fingerprint density at radius 3 is 0.550 bits per heavy atom. The monoisotopic (exact) mass is 1530 g/mol. The minimum Gasteiger partial charge on any atom is -0.308 e. The van der Waals surface area contributed by atoms with Gasteiger partial charge in [-0.15, -0.1) is 0 Å². The van der Waals surface area contributed by atoms with Crippen LogP contribution in [-0.4, -0.2) is 42.4 Å². The van der Waals surface area contributed by atoms with E-state index >= 15 is 0 Å². The second-order valence-electron chi connectivity index (χ2n) is 31.4. The molecule has 0 spiro atoms. The summed E-state index contributed by atoms with van der Waals surface area (Å²) in [5.74, 6) is 1.38. The zero-order chi connectivity index (χ0) is 78.6. The van der Waals surface area contributed by atoms with E-state index in [0.29, 0.717) is 17.8 Å². The van der Waals surface area contributed by atoms with Crippen LogP contribution in [0.4, 0.5) is 0 Å². The van der Waals surface area contributed by atoms with Gasteiger partial charge < -0.3 is 13.7 Å². The van der Waals surface area contributed by atoms with Gasteiger partial charge in [0.25, 0.3) is 0 Å². The van der Waals surface area contributed by atoms with E-state index in [1.54, 1.807) is 0 Å². The highest BCUT2D eigenvalue weighted by atomic mass is 15.3. The van der Waals surface area contributed by atoms with E-state index in [9.17, 15) is 0 Å². The second kappa shape index (κ2) is 26.7. The van der Waals surface area contributed by atoms with Gasteiger partial charge in [-0.3, -0.25) is 13.7 Å². The van der Waals surface area contributed by atoms with Crippen LogP contribution in [0.3, 0.4) is 0 Å². The average Bonchev–Trinajstić information content (AvgIpc) is 1.55. The third kappa shape index (κ3) is 10.3. The summed E-state index contributed by atoms with van der Waals surface area (Å²) in [7, 11) is 0. The van der Waals surface area contributed by atoms with Crippen molar-refractivity contribution in [3.8, 4) is 102 Å². The number of para-hydroxylation sites is 6. The minimum atomic E-state index is 0.459. The lowest BCUT2D eigenvalue weighted by molar-refractivity contribution is 0.848. The Labute approximate surface area is 688 Å². The topological polar surface area (TPSA) is 68.2 Å². The zero-order valence-electron chi connectivity index (χ0n) is 64.9. The van der Waals surface area contributed by atoms with Crippen LogP contribution in [0.15, 0.2) is 419 Å². The first-order valence-electron chi connectivity index (χ1n) is 41.0. The molecule has 120 heavy (non-hydrogen) atoms. The third-order valence-corrected chi connectivity index (χ3v) is 24.8. The standard InChI is InChI=1S/C111H69N9/c1-7-31-70(32-8-1)76-61-77(71-33-9-2-10-34-71)65-82(64-76)115-94-49-25-19-43-85(94)88-55-58-100-103(106(88)115)91-46-22-28-52-97(91)118(100)109-112-110(119-98-53-29-23-47-92(98)104-101(119)59-56-89-86-44-20-26-50-95(86)116(107(89)104)83-66-78(72-35-11-3-12-36-72)62-79(67-83)73-37-13-4-14-38-73)114-111(113-109)120-99-54-30-24-48-93(99)105-102(120)60-57-90-87-45-21-27-51-96(87)117(108(90)105)84-68-80(74-39-15-5-16-40-74)63-81(69-84)75-41-17-6-18-42-75/h1-69H. The van der Waals surface area contributed by atoms with E-state index in [2.05, 4.69) is 446 Å². The number of benzene rings is 18. The molecule has 0 unspecified atom stereocenters. The normalized spacial score (nSPS) is 12.0. The molecule has 25 rings (SSSR count). The van der Waals surface area contributed by atoms with E-state index in [4.69, 9.17) is 15.0 Å². The van der Waals surface area contributed by atoms with Gasteiger partial charge in [0.15, 0.2) is 0 Å². The average molecular weight is 1530 g/mol. The van der Waals surface area contributed by atoms with Crippen molar-refractivity contribution in [3.05, 3.63) is 419 Å². The molecule has 18 aromatic carbocycles. The lowest BCUT2D eigenvalue weighted by atomic mass is 9.98. The molecule has 7 aromatic heterocycles. The molecule has 558 valence electrons. The molecule has 7 heterocycles. The molecule has 0 amide bonds. The fourth-order valence-corrected chi connectivity index (χ4v) is 19.6. The van der Waals surface area contributed by atoms with Gasteiger partial charge in [0.1, 0.15) is 0 Å². The van der Waals surface area contributed by atoms with Gasteiger partial charge in [-0.1, -0.05) is 309 Å². The minimum absolute atomic E-state index is 0.459. The van der Waals surface area contributed by atoms with Crippen molar-refractivity contribution >= 4 is 131 Å². The van der Waals surface area contributed by atoms with Crippen LogP contribution < -0.4 is 0 Å². The van der Waals surface area contributed by atoms with Crippen molar-refractivity contribution in [1.82, 2.24) is 42.4 Å². The number of fused-ring (bicyclic) bond motifs is 21. The molecule has 25 aromatic rings. The molecule has 0 saturated heterocycles. The van der Waals surface area contributed by atoms with Crippen LogP contribution in [0.2, 0.25) is 0 Å². The first-order chi connectivity index (χ1) is 59.5. The number of rotatable bonds is 12. The van der Waals surface area contributed by atoms with Crippen LogP contribution in [0, 0.1) is 0 Å². The number of hydrogen-bond acceptors (Lipinski definition) is 3. The Kier molecular flexibility index (Phi) is 14.9. The van der Waals surface area contributed by atoms with E-state index in [-0.39, 0.29) is 0 Å². The molecule has 0 fully saturated rings. The maximum Gasteiger partial charge on any atom is 0.241 e. The molecular formula is C111H69N9. The molecule has 0 atom stereocenters. The van der Waals surface area contributed by atoms with Crippen molar-refractivity contribution in [2.75, 3.05) is 0 Å². The highest BCUT2D eigenvalue weighted by Gasteiger charge is 2.30. The van der Waals surface area contributed by atoms with Gasteiger partial charge in [-0.25, -0.2) is 0 Å². The van der Waals surface area contributed by atoms with Crippen LogP contribution in [0.1, 0.15) is 0 Å². The fraction of sp³-hybridized carbons (Fsp3) is 0. The summed E-state index contributed by atoms with van der Waals surface area (Å²) < 4.78 is 14.4. The number of aromatic nitrogens is 9. The summed E-state index contributed by atoms with van der Waals surface area (Å²) in [6.07, 6.45) is 0. The van der Waals surface area contributed by atoms with Gasteiger partial charge in [0, 0.05) is 81.7 Å². The van der Waals surface area contributed by atoms with Crippen molar-refractivity contribution in [3.63, 3.8) is 0 Å². The van der Waals surface area contributed by atoms with Crippen molar-refractivity contribution in [2.45, 2.75) is 0 Å². The first kappa shape index (κ1) is 67.1. The summed E-state index contributed by atoms with van der Waals surface area (Å²) >= 11 is 0. The van der Waals surface area contributed by atoms with Crippen LogP contribution in [-0.2, 0) is 0 Å². The summed E-state index contributed by atoms with van der Waals surface area (Å²) in [6.45, 7) is 0. The van der Waals surface area contributed by atoms with Crippen LogP contribution in [0.5, 0.6) is 0 Å². The summed E-state index contributed by atoms with van der Waals surface area (Å²) in [5.41, 5.74) is 29.0. The van der Waals surface area contributed by atoms with Gasteiger partial charge >= 0.3 is 0 Å². The predicted octanol–water partition coefficient (Wildman–Crippen LogP) is 28.5. The maximum absolute atomic E-state index is 6.05. The van der Waals surface area contributed by atoms with Crippen molar-refractivity contribution in [2.24, 2.45) is 0 Å². The quantitative estimate of drug-likeness (QED) is 0.122. The summed E-state index contributed by atoms with van der Waals surface area (Å²) in [6, 6.07) is 153. The van der Waals surface area contributed by atoms with Crippen LogP contribution >= 0.6 is 0 Å². The SMILES string of the molecule is c1ccc(-c2cc(-c3ccccc3)cc(-n3c4ccccc4c4ccc5c(c6ccccc6n5-c5nc(-n6c7ccccc7c7c6ccc6c8ccccc8n(-c8cc(-c9ccccc9)cc(-c9ccccc9)c8)c67)nc(-n6c7ccccc7c7c6ccc6c8ccccc8n(-c8cc(-c9ccccc9)cc(-c9ccccc9)c8)c67)n5)c43)c2)cc1. The molecule has 0 N–H and O–H groups in total. The Bertz CT molecular complexity index is 7530. The maximum atomic E-state index is 6.05. The van der Waals surface area contributed by atoms with Gasteiger partial charge in [0.2, 0.25) is 17.8 Å². The summed E-state index contributed by atoms with van der Waals surface area (Å²) in [5, 5.41) is 13.3. The molecular weight excluding hydrogens is 1460 g/mol. The lowest BCUT2D eigenvalue weighted by Crippen LogP contribution is -2.13. The number of hydrogen-bond donors (Lipinski definition) is 0. The largest absolute Gasteiger partial charge is 0.308 e. The molecule has 0 aliphatic rings.